The van der Waals surface area contributed by atoms with Crippen molar-refractivity contribution in [1.29, 1.82) is 0 Å². The predicted molar refractivity (Wildman–Crippen MR) is 80.8 cm³/mol. The van der Waals surface area contributed by atoms with E-state index in [0.717, 1.165) is 5.56 Å². The van der Waals surface area contributed by atoms with Crippen LogP contribution in [0, 0.1) is 18.7 Å². The number of aldehydes is 1. The van der Waals surface area contributed by atoms with Crippen LogP contribution in [0.25, 0.3) is 0 Å². The Bertz CT molecular complexity index is 812. The van der Waals surface area contributed by atoms with E-state index < -0.39 is 32.7 Å². The molecule has 2 aromatic rings. The van der Waals surface area contributed by atoms with Gasteiger partial charge in [0.15, 0.2) is 9.84 Å². The van der Waals surface area contributed by atoms with Crippen LogP contribution in [0.4, 0.5) is 4.39 Å². The summed E-state index contributed by atoms with van der Waals surface area (Å²) < 4.78 is 38.7. The molecule has 0 bridgehead atoms. The summed E-state index contributed by atoms with van der Waals surface area (Å²) in [7, 11) is -3.61. The number of benzene rings is 2. The summed E-state index contributed by atoms with van der Waals surface area (Å²) in [5.74, 6) is -1.52. The highest BCUT2D eigenvalue weighted by atomic mass is 32.2. The summed E-state index contributed by atoms with van der Waals surface area (Å²) in [6, 6.07) is 12.3. The van der Waals surface area contributed by atoms with E-state index in [1.165, 1.54) is 18.2 Å². The number of hydrogen-bond acceptors (Lipinski definition) is 3. The zero-order chi connectivity index (χ0) is 15.9. The molecule has 0 amide bonds. The van der Waals surface area contributed by atoms with Gasteiger partial charge in [-0.1, -0.05) is 29.8 Å². The SMILES string of the molecule is Cc1ccc(S(=O)(=O)[C@@H]2[C@@H](C=O)[C@@H]2c2cccc(F)c2)cc1. The van der Waals surface area contributed by atoms with Crippen molar-refractivity contribution in [3.63, 3.8) is 0 Å². The molecule has 0 unspecified atom stereocenters. The van der Waals surface area contributed by atoms with E-state index in [2.05, 4.69) is 0 Å². The topological polar surface area (TPSA) is 51.2 Å². The number of hydrogen-bond donors (Lipinski definition) is 0. The molecule has 1 fully saturated rings. The van der Waals surface area contributed by atoms with Crippen LogP contribution in [0.1, 0.15) is 17.0 Å². The van der Waals surface area contributed by atoms with Crippen molar-refractivity contribution < 1.29 is 17.6 Å². The summed E-state index contributed by atoms with van der Waals surface area (Å²) in [5, 5.41) is -0.811. The van der Waals surface area contributed by atoms with Gasteiger partial charge in [0.2, 0.25) is 0 Å². The van der Waals surface area contributed by atoms with Gasteiger partial charge in [0.05, 0.1) is 10.1 Å². The number of sulfone groups is 1. The van der Waals surface area contributed by atoms with Crippen molar-refractivity contribution in [3.05, 3.63) is 65.5 Å². The lowest BCUT2D eigenvalue weighted by Gasteiger charge is -2.05. The van der Waals surface area contributed by atoms with Crippen molar-refractivity contribution in [3.8, 4) is 0 Å². The Morgan fingerprint density at radius 3 is 2.36 bits per heavy atom. The first-order valence-corrected chi connectivity index (χ1v) is 8.51. The second kappa shape index (κ2) is 5.32. The summed E-state index contributed by atoms with van der Waals surface area (Å²) in [4.78, 5) is 11.4. The molecule has 3 rings (SSSR count). The lowest BCUT2D eigenvalue weighted by atomic mass is 10.1. The maximum atomic E-state index is 13.3. The zero-order valence-electron chi connectivity index (χ0n) is 11.9. The summed E-state index contributed by atoms with van der Waals surface area (Å²) in [6.45, 7) is 1.87. The molecule has 114 valence electrons. The summed E-state index contributed by atoms with van der Waals surface area (Å²) in [6.07, 6.45) is 0.659. The summed E-state index contributed by atoms with van der Waals surface area (Å²) >= 11 is 0. The predicted octanol–water partition coefficient (Wildman–Crippen LogP) is 2.89. The molecule has 2 aromatic carbocycles. The van der Waals surface area contributed by atoms with Crippen molar-refractivity contribution in [2.24, 2.45) is 5.92 Å². The fourth-order valence-electron chi connectivity index (χ4n) is 2.88. The van der Waals surface area contributed by atoms with Crippen LogP contribution in [0.2, 0.25) is 0 Å². The molecule has 22 heavy (non-hydrogen) atoms. The molecule has 0 N–H and O–H groups in total. The minimum Gasteiger partial charge on any atom is -0.303 e. The molecule has 5 heteroatoms. The van der Waals surface area contributed by atoms with Gasteiger partial charge < -0.3 is 4.79 Å². The number of carbonyl (C=O) groups excluding carboxylic acids is 1. The van der Waals surface area contributed by atoms with Gasteiger partial charge in [0, 0.05) is 11.8 Å². The van der Waals surface area contributed by atoms with Crippen LogP contribution in [0.3, 0.4) is 0 Å². The second-order valence-electron chi connectivity index (χ2n) is 5.62. The number of aryl methyl sites for hydroxylation is 1. The molecule has 1 aliphatic rings. The average molecular weight is 318 g/mol. The Labute approximate surface area is 128 Å². The third-order valence-corrected chi connectivity index (χ3v) is 6.36. The lowest BCUT2D eigenvalue weighted by Crippen LogP contribution is -2.11. The van der Waals surface area contributed by atoms with Gasteiger partial charge in [0.1, 0.15) is 12.1 Å². The molecule has 0 radical (unpaired) electrons. The Morgan fingerprint density at radius 1 is 1.09 bits per heavy atom. The van der Waals surface area contributed by atoms with E-state index in [0.29, 0.717) is 11.8 Å². The van der Waals surface area contributed by atoms with Crippen molar-refractivity contribution >= 4 is 16.1 Å². The molecular weight excluding hydrogens is 303 g/mol. The second-order valence-corrected chi connectivity index (χ2v) is 7.72. The van der Waals surface area contributed by atoms with Gasteiger partial charge in [-0.2, -0.15) is 0 Å². The van der Waals surface area contributed by atoms with E-state index in [4.69, 9.17) is 0 Å². The van der Waals surface area contributed by atoms with Crippen LogP contribution >= 0.6 is 0 Å². The Balaban J connectivity index is 1.97. The highest BCUT2D eigenvalue weighted by Crippen LogP contribution is 2.52. The van der Waals surface area contributed by atoms with Crippen LogP contribution in [-0.2, 0) is 14.6 Å². The standard InChI is InChI=1S/C17H15FO3S/c1-11-5-7-14(8-6-11)22(20,21)17-15(10-19)16(17)12-3-2-4-13(18)9-12/h2-10,15-17H,1H3/t15-,16-,17+/m0/s1. The maximum Gasteiger partial charge on any atom is 0.182 e. The zero-order valence-corrected chi connectivity index (χ0v) is 12.8. The fraction of sp³-hybridized carbons (Fsp3) is 0.235. The number of rotatable bonds is 4. The van der Waals surface area contributed by atoms with Gasteiger partial charge in [-0.15, -0.1) is 0 Å². The number of carbonyl (C=O) groups is 1. The van der Waals surface area contributed by atoms with E-state index in [9.17, 15) is 17.6 Å². The van der Waals surface area contributed by atoms with E-state index in [-0.39, 0.29) is 4.90 Å². The Hall–Kier alpha value is -2.01. The van der Waals surface area contributed by atoms with Crippen molar-refractivity contribution in [2.45, 2.75) is 23.0 Å². The lowest BCUT2D eigenvalue weighted by molar-refractivity contribution is -0.108. The molecule has 3 nitrogen and oxygen atoms in total. The molecule has 1 saturated carbocycles. The number of halogens is 1. The highest BCUT2D eigenvalue weighted by Gasteiger charge is 2.59. The first-order chi connectivity index (χ1) is 10.4. The van der Waals surface area contributed by atoms with Crippen LogP contribution in [0.5, 0.6) is 0 Å². The highest BCUT2D eigenvalue weighted by molar-refractivity contribution is 7.92. The molecule has 0 aromatic heterocycles. The third kappa shape index (κ3) is 2.46. The minimum absolute atomic E-state index is 0.203. The monoisotopic (exact) mass is 318 g/mol. The largest absolute Gasteiger partial charge is 0.303 e. The minimum atomic E-state index is -3.61. The molecule has 0 aliphatic heterocycles. The molecule has 0 heterocycles. The average Bonchev–Trinajstić information content (AvgIpc) is 3.23. The van der Waals surface area contributed by atoms with E-state index >= 15 is 0 Å². The maximum absolute atomic E-state index is 13.3. The van der Waals surface area contributed by atoms with Crippen LogP contribution < -0.4 is 0 Å². The Morgan fingerprint density at radius 2 is 1.77 bits per heavy atom. The quantitative estimate of drug-likeness (QED) is 0.815. The van der Waals surface area contributed by atoms with E-state index in [1.54, 1.807) is 30.3 Å². The van der Waals surface area contributed by atoms with Crippen molar-refractivity contribution in [1.82, 2.24) is 0 Å². The van der Waals surface area contributed by atoms with Gasteiger partial charge in [-0.25, -0.2) is 12.8 Å². The molecular formula is C17H15FO3S. The van der Waals surface area contributed by atoms with Gasteiger partial charge >= 0.3 is 0 Å². The smallest absolute Gasteiger partial charge is 0.182 e. The molecule has 0 saturated heterocycles. The first-order valence-electron chi connectivity index (χ1n) is 6.96. The van der Waals surface area contributed by atoms with Crippen LogP contribution in [-0.4, -0.2) is 20.0 Å². The fourth-order valence-corrected chi connectivity index (χ4v) is 4.99. The van der Waals surface area contributed by atoms with Gasteiger partial charge in [0.25, 0.3) is 0 Å². The normalized spacial score (nSPS) is 24.0. The van der Waals surface area contributed by atoms with E-state index in [1.807, 2.05) is 6.92 Å². The summed E-state index contributed by atoms with van der Waals surface area (Å²) in [5.41, 5.74) is 1.51. The third-order valence-electron chi connectivity index (χ3n) is 4.11. The van der Waals surface area contributed by atoms with Gasteiger partial charge in [-0.05, 0) is 36.8 Å². The first kappa shape index (κ1) is 14.9. The molecule has 0 spiro atoms. The Kier molecular flexibility index (Phi) is 3.60. The van der Waals surface area contributed by atoms with Crippen molar-refractivity contribution in [2.75, 3.05) is 0 Å². The van der Waals surface area contributed by atoms with Gasteiger partial charge in [-0.3, -0.25) is 0 Å². The molecule has 3 atom stereocenters. The van der Waals surface area contributed by atoms with Crippen LogP contribution in [0.15, 0.2) is 53.4 Å². The molecule has 1 aliphatic carbocycles.